The van der Waals surface area contributed by atoms with Gasteiger partial charge in [0.25, 0.3) is 17.1 Å². The standard InChI is InChI=1S/C22H46N2.C6H3N3O7/c1-23(17-11-5-3-6-12-18-23)21-15-9-10-16-22-24(2)19-13-7-4-8-14-20-24;10-6-4(8(13)14)1-3(7(11)12)2-5(6)9(15)16/h3-22H2,1-2H3;1-2,10H/q+2;/p-1. The molecule has 12 heteroatoms. The maximum atomic E-state index is 11.1. The van der Waals surface area contributed by atoms with E-state index in [2.05, 4.69) is 14.1 Å². The Hall–Kier alpha value is -2.86. The molecule has 226 valence electrons. The molecule has 0 spiro atoms. The van der Waals surface area contributed by atoms with Crippen LogP contribution in [0.5, 0.6) is 5.75 Å². The van der Waals surface area contributed by atoms with Gasteiger partial charge < -0.3 is 14.1 Å². The molecule has 0 radical (unpaired) electrons. The monoisotopic (exact) mass is 566 g/mol. The molecule has 0 bridgehead atoms. The maximum absolute atomic E-state index is 11.1. The number of nitro groups is 3. The Kier molecular flexibility index (Phi) is 13.7. The summed E-state index contributed by atoms with van der Waals surface area (Å²) in [6, 6.07) is 0.769. The fraction of sp³-hybridized carbons (Fsp3) is 0.786. The topological polar surface area (TPSA) is 152 Å². The molecule has 3 rings (SSSR count). The average molecular weight is 567 g/mol. The largest absolute Gasteiger partial charge is 0.863 e. The summed E-state index contributed by atoms with van der Waals surface area (Å²) in [5.41, 5.74) is -3.26. The van der Waals surface area contributed by atoms with Gasteiger partial charge in [-0.25, -0.2) is 0 Å². The van der Waals surface area contributed by atoms with E-state index in [0.29, 0.717) is 12.1 Å². The van der Waals surface area contributed by atoms with E-state index in [9.17, 15) is 35.4 Å². The Labute approximate surface area is 237 Å². The molecule has 0 saturated carbocycles. The van der Waals surface area contributed by atoms with E-state index >= 15 is 0 Å². The molecule has 1 aromatic rings. The predicted octanol–water partition coefficient (Wildman–Crippen LogP) is 5.85. The summed E-state index contributed by atoms with van der Waals surface area (Å²) in [7, 11) is 5.05. The van der Waals surface area contributed by atoms with Crippen molar-refractivity contribution < 1.29 is 28.8 Å². The van der Waals surface area contributed by atoms with Crippen LogP contribution in [0.3, 0.4) is 0 Å². The number of hydrogen-bond acceptors (Lipinski definition) is 7. The summed E-state index contributed by atoms with van der Waals surface area (Å²) >= 11 is 0. The highest BCUT2D eigenvalue weighted by Crippen LogP contribution is 2.36. The number of benzene rings is 1. The molecule has 2 aliphatic heterocycles. The Morgan fingerprint density at radius 1 is 0.575 bits per heavy atom. The minimum Gasteiger partial charge on any atom is -0.863 e. The van der Waals surface area contributed by atoms with Crippen molar-refractivity contribution in [1.82, 2.24) is 0 Å². The van der Waals surface area contributed by atoms with Crippen molar-refractivity contribution in [2.24, 2.45) is 0 Å². The third kappa shape index (κ3) is 11.3. The van der Waals surface area contributed by atoms with E-state index in [1.54, 1.807) is 0 Å². The molecule has 2 aliphatic rings. The lowest BCUT2D eigenvalue weighted by molar-refractivity contribution is -0.911. The average Bonchev–Trinajstić information content (AvgIpc) is 2.86. The van der Waals surface area contributed by atoms with Crippen LogP contribution in [0.2, 0.25) is 0 Å². The normalized spacial score (nSPS) is 19.1. The molecule has 2 saturated heterocycles. The molecule has 0 unspecified atom stereocenters. The van der Waals surface area contributed by atoms with Crippen LogP contribution >= 0.6 is 0 Å². The third-order valence-electron chi connectivity index (χ3n) is 8.58. The molecule has 2 heterocycles. The molecule has 0 aromatic heterocycles. The number of nitro benzene ring substituents is 3. The Morgan fingerprint density at radius 2 is 0.900 bits per heavy atom. The molecular formula is C28H48N5O7+. The second kappa shape index (κ2) is 16.4. The van der Waals surface area contributed by atoms with Gasteiger partial charge in [-0.15, -0.1) is 0 Å². The SMILES string of the molecule is C[N+]1(CCCCCC[N+]2(C)CCCCCCC2)CCCCCCC1.O=[N+]([O-])c1cc([N+](=O)[O-])c([O-])c([N+](=O)[O-])c1. The number of non-ortho nitro benzene ring substituents is 1. The molecule has 0 aliphatic carbocycles. The highest BCUT2D eigenvalue weighted by atomic mass is 16.6. The van der Waals surface area contributed by atoms with Crippen LogP contribution in [0, 0.1) is 30.3 Å². The smallest absolute Gasteiger partial charge is 0.283 e. The van der Waals surface area contributed by atoms with Crippen molar-refractivity contribution in [1.29, 1.82) is 0 Å². The molecule has 2 fully saturated rings. The fourth-order valence-corrected chi connectivity index (χ4v) is 6.01. The summed E-state index contributed by atoms with van der Waals surface area (Å²) in [6.45, 7) is 8.63. The second-order valence-corrected chi connectivity index (χ2v) is 12.1. The molecular weight excluding hydrogens is 518 g/mol. The molecule has 0 amide bonds. The summed E-state index contributed by atoms with van der Waals surface area (Å²) in [6.07, 6.45) is 20.6. The predicted molar refractivity (Wildman–Crippen MR) is 152 cm³/mol. The first-order valence-electron chi connectivity index (χ1n) is 14.9. The van der Waals surface area contributed by atoms with Gasteiger partial charge in [0.05, 0.1) is 86.0 Å². The first-order chi connectivity index (χ1) is 19.0. The zero-order valence-corrected chi connectivity index (χ0v) is 24.4. The summed E-state index contributed by atoms with van der Waals surface area (Å²) < 4.78 is 2.74. The van der Waals surface area contributed by atoms with Crippen LogP contribution in [0.25, 0.3) is 0 Å². The van der Waals surface area contributed by atoms with E-state index in [0.717, 1.165) is 0 Å². The molecule has 40 heavy (non-hydrogen) atoms. The summed E-state index contributed by atoms with van der Waals surface area (Å²) in [5.74, 6) is -1.46. The summed E-state index contributed by atoms with van der Waals surface area (Å²) in [5, 5.41) is 42.1. The minimum atomic E-state index is -1.46. The van der Waals surface area contributed by atoms with Gasteiger partial charge in [0.2, 0.25) is 0 Å². The zero-order chi connectivity index (χ0) is 29.6. The van der Waals surface area contributed by atoms with Gasteiger partial charge in [-0.2, -0.15) is 0 Å². The van der Waals surface area contributed by atoms with Crippen LogP contribution in [-0.2, 0) is 0 Å². The van der Waals surface area contributed by atoms with Crippen LogP contribution < -0.4 is 5.11 Å². The third-order valence-corrected chi connectivity index (χ3v) is 8.58. The highest BCUT2D eigenvalue weighted by molar-refractivity contribution is 5.63. The van der Waals surface area contributed by atoms with Gasteiger partial charge in [0, 0.05) is 0 Å². The van der Waals surface area contributed by atoms with Crippen molar-refractivity contribution in [3.05, 3.63) is 42.5 Å². The lowest BCUT2D eigenvalue weighted by Crippen LogP contribution is -2.47. The lowest BCUT2D eigenvalue weighted by atomic mass is 10.0. The van der Waals surface area contributed by atoms with Gasteiger partial charge in [-0.1, -0.05) is 12.8 Å². The van der Waals surface area contributed by atoms with Crippen molar-refractivity contribution in [2.45, 2.75) is 89.9 Å². The number of nitrogens with zero attached hydrogens (tertiary/aromatic N) is 5. The van der Waals surface area contributed by atoms with Gasteiger partial charge in [-0.05, 0) is 77.0 Å². The van der Waals surface area contributed by atoms with Gasteiger partial charge in [-0.3, -0.25) is 30.3 Å². The van der Waals surface area contributed by atoms with E-state index in [1.165, 1.54) is 138 Å². The number of hydrogen-bond donors (Lipinski definition) is 0. The number of likely N-dealkylation sites (tertiary alicyclic amines) is 2. The lowest BCUT2D eigenvalue weighted by Gasteiger charge is -2.37. The van der Waals surface area contributed by atoms with Crippen LogP contribution in [-0.4, -0.2) is 77.1 Å². The Balaban J connectivity index is 0.000000305. The van der Waals surface area contributed by atoms with Crippen LogP contribution in [0.1, 0.15) is 89.9 Å². The Morgan fingerprint density at radius 3 is 1.20 bits per heavy atom. The first-order valence-corrected chi connectivity index (χ1v) is 14.9. The van der Waals surface area contributed by atoms with Crippen molar-refractivity contribution >= 4 is 17.1 Å². The molecule has 0 atom stereocenters. The first kappa shape index (κ1) is 33.3. The fourth-order valence-electron chi connectivity index (χ4n) is 6.01. The van der Waals surface area contributed by atoms with Gasteiger partial charge in [0.1, 0.15) is 0 Å². The molecule has 12 nitrogen and oxygen atoms in total. The van der Waals surface area contributed by atoms with Crippen LogP contribution in [0.15, 0.2) is 12.1 Å². The van der Waals surface area contributed by atoms with Gasteiger partial charge >= 0.3 is 0 Å². The van der Waals surface area contributed by atoms with E-state index in [-0.39, 0.29) is 0 Å². The summed E-state index contributed by atoms with van der Waals surface area (Å²) in [4.78, 5) is 27.5. The van der Waals surface area contributed by atoms with Crippen molar-refractivity contribution in [2.75, 3.05) is 53.4 Å². The maximum Gasteiger partial charge on any atom is 0.283 e. The Bertz CT molecular complexity index is 905. The second-order valence-electron chi connectivity index (χ2n) is 12.1. The number of rotatable bonds is 10. The van der Waals surface area contributed by atoms with E-state index in [1.807, 2.05) is 0 Å². The minimum absolute atomic E-state index is 0.384. The quantitative estimate of drug-likeness (QED) is 0.149. The van der Waals surface area contributed by atoms with E-state index in [4.69, 9.17) is 0 Å². The van der Waals surface area contributed by atoms with E-state index < -0.39 is 37.6 Å². The number of unbranched alkanes of at least 4 members (excludes halogenated alkanes) is 3. The number of quaternary nitrogens is 2. The molecule has 0 N–H and O–H groups in total. The van der Waals surface area contributed by atoms with Crippen molar-refractivity contribution in [3.63, 3.8) is 0 Å². The van der Waals surface area contributed by atoms with Crippen molar-refractivity contribution in [3.8, 4) is 5.75 Å². The zero-order valence-electron chi connectivity index (χ0n) is 24.4. The molecule has 1 aromatic carbocycles. The van der Waals surface area contributed by atoms with Crippen LogP contribution in [0.4, 0.5) is 17.1 Å². The van der Waals surface area contributed by atoms with Gasteiger partial charge in [0.15, 0.2) is 0 Å². The highest BCUT2D eigenvalue weighted by Gasteiger charge is 2.25.